The lowest BCUT2D eigenvalue weighted by Crippen LogP contribution is -2.32. The van der Waals surface area contributed by atoms with Crippen molar-refractivity contribution in [3.8, 4) is 16.8 Å². The number of hydrogen-bond acceptors (Lipinski definition) is 5. The van der Waals surface area contributed by atoms with E-state index in [4.69, 9.17) is 4.74 Å². The van der Waals surface area contributed by atoms with Crippen molar-refractivity contribution in [2.24, 2.45) is 0 Å². The van der Waals surface area contributed by atoms with Gasteiger partial charge in [-0.25, -0.2) is 9.07 Å². The fraction of sp³-hybridized carbons (Fsp3) is 0.316. The Morgan fingerprint density at radius 2 is 1.89 bits per heavy atom. The molecule has 0 spiro atoms. The highest BCUT2D eigenvalue weighted by Crippen LogP contribution is 2.25. The normalized spacial score (nSPS) is 14.7. The molecule has 2 aromatic carbocycles. The van der Waals surface area contributed by atoms with Crippen LogP contribution >= 0.6 is 12.4 Å². The molecule has 8 heteroatoms. The van der Waals surface area contributed by atoms with Gasteiger partial charge in [-0.1, -0.05) is 24.3 Å². The van der Waals surface area contributed by atoms with E-state index in [1.54, 1.807) is 12.1 Å². The zero-order valence-corrected chi connectivity index (χ0v) is 15.5. The minimum Gasteiger partial charge on any atom is -0.373 e. The fourth-order valence-electron chi connectivity index (χ4n) is 3.12. The number of rotatable bonds is 5. The van der Waals surface area contributed by atoms with Gasteiger partial charge in [0.05, 0.1) is 18.4 Å². The SMILES string of the molecule is Cl.Fc1cc(-n2cnnn2)ccc1-c1ccc(COC2CCNCC2)cc1. The van der Waals surface area contributed by atoms with Crippen molar-refractivity contribution in [1.29, 1.82) is 0 Å². The zero-order valence-electron chi connectivity index (χ0n) is 14.7. The quantitative estimate of drug-likeness (QED) is 0.726. The van der Waals surface area contributed by atoms with Gasteiger partial charge < -0.3 is 10.1 Å². The molecule has 1 aliphatic heterocycles. The summed E-state index contributed by atoms with van der Waals surface area (Å²) < 4.78 is 21.9. The number of hydrogen-bond donors (Lipinski definition) is 1. The van der Waals surface area contributed by atoms with Gasteiger partial charge in [-0.05, 0) is 59.6 Å². The highest BCUT2D eigenvalue weighted by atomic mass is 35.5. The summed E-state index contributed by atoms with van der Waals surface area (Å²) in [6.07, 6.45) is 3.87. The summed E-state index contributed by atoms with van der Waals surface area (Å²) >= 11 is 0. The third kappa shape index (κ3) is 4.68. The molecule has 0 bridgehead atoms. The maximum atomic E-state index is 14.5. The first kappa shape index (κ1) is 19.4. The smallest absolute Gasteiger partial charge is 0.143 e. The van der Waals surface area contributed by atoms with Crippen LogP contribution in [0.2, 0.25) is 0 Å². The van der Waals surface area contributed by atoms with E-state index in [0.717, 1.165) is 37.1 Å². The van der Waals surface area contributed by atoms with Gasteiger partial charge in [-0.2, -0.15) is 0 Å². The molecule has 1 N–H and O–H groups in total. The van der Waals surface area contributed by atoms with E-state index in [2.05, 4.69) is 20.8 Å². The van der Waals surface area contributed by atoms with Crippen LogP contribution in [0.5, 0.6) is 0 Å². The molecule has 2 heterocycles. The molecular formula is C19H21ClFN5O. The molecule has 3 aromatic rings. The molecule has 27 heavy (non-hydrogen) atoms. The second kappa shape index (κ2) is 9.03. The summed E-state index contributed by atoms with van der Waals surface area (Å²) in [5, 5.41) is 14.2. The predicted octanol–water partition coefficient (Wildman–Crippen LogP) is 3.16. The van der Waals surface area contributed by atoms with Crippen molar-refractivity contribution >= 4 is 12.4 Å². The Labute approximate surface area is 163 Å². The maximum Gasteiger partial charge on any atom is 0.143 e. The molecular weight excluding hydrogens is 369 g/mol. The highest BCUT2D eigenvalue weighted by molar-refractivity contribution is 5.85. The Hall–Kier alpha value is -2.35. The van der Waals surface area contributed by atoms with E-state index in [9.17, 15) is 4.39 Å². The molecule has 0 radical (unpaired) electrons. The molecule has 142 valence electrons. The van der Waals surface area contributed by atoms with Crippen molar-refractivity contribution in [1.82, 2.24) is 25.5 Å². The van der Waals surface area contributed by atoms with Gasteiger partial charge in [0.15, 0.2) is 0 Å². The van der Waals surface area contributed by atoms with Crippen LogP contribution in [0.1, 0.15) is 18.4 Å². The van der Waals surface area contributed by atoms with E-state index < -0.39 is 0 Å². The Bertz CT molecular complexity index is 851. The van der Waals surface area contributed by atoms with Crippen LogP contribution < -0.4 is 5.32 Å². The molecule has 0 amide bonds. The minimum absolute atomic E-state index is 0. The maximum absolute atomic E-state index is 14.5. The van der Waals surface area contributed by atoms with E-state index in [1.807, 2.05) is 24.3 Å². The van der Waals surface area contributed by atoms with Gasteiger partial charge in [-0.3, -0.25) is 0 Å². The van der Waals surface area contributed by atoms with Crippen molar-refractivity contribution in [3.05, 3.63) is 60.2 Å². The van der Waals surface area contributed by atoms with E-state index >= 15 is 0 Å². The summed E-state index contributed by atoms with van der Waals surface area (Å²) in [6.45, 7) is 2.62. The second-order valence-electron chi connectivity index (χ2n) is 6.38. The molecule has 1 fully saturated rings. The molecule has 1 saturated heterocycles. The molecule has 0 atom stereocenters. The topological polar surface area (TPSA) is 64.9 Å². The van der Waals surface area contributed by atoms with Crippen LogP contribution in [0, 0.1) is 5.82 Å². The van der Waals surface area contributed by atoms with Gasteiger partial charge >= 0.3 is 0 Å². The average Bonchev–Trinajstić information content (AvgIpc) is 3.22. The summed E-state index contributed by atoms with van der Waals surface area (Å²) in [6, 6.07) is 12.8. The number of nitrogens with one attached hydrogen (secondary N) is 1. The van der Waals surface area contributed by atoms with Gasteiger partial charge in [0, 0.05) is 11.6 Å². The average molecular weight is 390 g/mol. The first-order valence-electron chi connectivity index (χ1n) is 8.74. The number of tetrazole rings is 1. The number of piperidine rings is 1. The van der Waals surface area contributed by atoms with E-state index in [-0.39, 0.29) is 18.2 Å². The van der Waals surface area contributed by atoms with Crippen LogP contribution in [-0.2, 0) is 11.3 Å². The van der Waals surface area contributed by atoms with Gasteiger partial charge in [0.1, 0.15) is 12.1 Å². The third-order valence-corrected chi connectivity index (χ3v) is 4.60. The molecule has 4 rings (SSSR count). The van der Waals surface area contributed by atoms with Crippen molar-refractivity contribution < 1.29 is 9.13 Å². The lowest BCUT2D eigenvalue weighted by Gasteiger charge is -2.23. The van der Waals surface area contributed by atoms with Crippen molar-refractivity contribution in [3.63, 3.8) is 0 Å². The second-order valence-corrected chi connectivity index (χ2v) is 6.38. The zero-order chi connectivity index (χ0) is 17.8. The van der Waals surface area contributed by atoms with Crippen LogP contribution in [0.4, 0.5) is 4.39 Å². The van der Waals surface area contributed by atoms with Crippen LogP contribution in [0.3, 0.4) is 0 Å². The lowest BCUT2D eigenvalue weighted by atomic mass is 10.0. The summed E-state index contributed by atoms with van der Waals surface area (Å²) in [4.78, 5) is 0. The predicted molar refractivity (Wildman–Crippen MR) is 102 cm³/mol. The number of ether oxygens (including phenoxy) is 1. The molecule has 6 nitrogen and oxygen atoms in total. The Balaban J connectivity index is 0.00000210. The molecule has 0 unspecified atom stereocenters. The van der Waals surface area contributed by atoms with Gasteiger partial charge in [-0.15, -0.1) is 17.5 Å². The lowest BCUT2D eigenvalue weighted by molar-refractivity contribution is 0.0212. The van der Waals surface area contributed by atoms with E-state index in [0.29, 0.717) is 24.0 Å². The first-order valence-corrected chi connectivity index (χ1v) is 8.74. The van der Waals surface area contributed by atoms with Crippen molar-refractivity contribution in [2.75, 3.05) is 13.1 Å². The first-order chi connectivity index (χ1) is 12.8. The van der Waals surface area contributed by atoms with Crippen molar-refractivity contribution in [2.45, 2.75) is 25.6 Å². The summed E-state index contributed by atoms with van der Waals surface area (Å²) in [5.74, 6) is -0.309. The standard InChI is InChI=1S/C19H20FN5O.ClH/c20-19-11-16(25-13-22-23-24-25)5-6-18(19)15-3-1-14(2-4-15)12-26-17-7-9-21-10-8-17;/h1-6,11,13,17,21H,7-10,12H2;1H. The molecule has 1 aromatic heterocycles. The fourth-order valence-corrected chi connectivity index (χ4v) is 3.12. The number of benzene rings is 2. The summed E-state index contributed by atoms with van der Waals surface area (Å²) in [5.41, 5.74) is 3.06. The third-order valence-electron chi connectivity index (χ3n) is 4.60. The monoisotopic (exact) mass is 389 g/mol. The van der Waals surface area contributed by atoms with Crippen LogP contribution in [-0.4, -0.2) is 39.4 Å². The number of nitrogens with zero attached hydrogens (tertiary/aromatic N) is 4. The minimum atomic E-state index is -0.309. The largest absolute Gasteiger partial charge is 0.373 e. The Morgan fingerprint density at radius 3 is 2.56 bits per heavy atom. The Kier molecular flexibility index (Phi) is 6.49. The number of halogens is 2. The van der Waals surface area contributed by atoms with Gasteiger partial charge in [0.2, 0.25) is 0 Å². The highest BCUT2D eigenvalue weighted by Gasteiger charge is 2.13. The summed E-state index contributed by atoms with van der Waals surface area (Å²) in [7, 11) is 0. The van der Waals surface area contributed by atoms with E-state index in [1.165, 1.54) is 17.1 Å². The van der Waals surface area contributed by atoms with Gasteiger partial charge in [0.25, 0.3) is 0 Å². The number of aromatic nitrogens is 4. The molecule has 1 aliphatic rings. The van der Waals surface area contributed by atoms with Crippen LogP contribution in [0.15, 0.2) is 48.8 Å². The molecule has 0 aliphatic carbocycles. The van der Waals surface area contributed by atoms with Crippen LogP contribution in [0.25, 0.3) is 16.8 Å². The Morgan fingerprint density at radius 1 is 1.11 bits per heavy atom. The molecule has 0 saturated carbocycles.